The molecule has 23 heavy (non-hydrogen) atoms. The van der Waals surface area contributed by atoms with Gasteiger partial charge in [0, 0.05) is 6.54 Å². The standard InChI is InChI=1S/C14H18F3N3O3/c1-20(7-10-3-5-11(23-2)6-4-10)8-12(21)19-13(22)18-9-14(15,16)17/h3-6H,7-9H2,1-2H3,(H2,18,19,21,22). The Kier molecular flexibility index (Phi) is 6.83. The van der Waals surface area contributed by atoms with Crippen molar-refractivity contribution in [3.8, 4) is 5.75 Å². The van der Waals surface area contributed by atoms with Crippen molar-refractivity contribution in [1.82, 2.24) is 15.5 Å². The van der Waals surface area contributed by atoms with Gasteiger partial charge in [0.15, 0.2) is 0 Å². The molecule has 3 amide bonds. The molecule has 1 aromatic rings. The number of amides is 3. The maximum atomic E-state index is 11.9. The van der Waals surface area contributed by atoms with Crippen LogP contribution in [0.5, 0.6) is 5.75 Å². The van der Waals surface area contributed by atoms with E-state index in [-0.39, 0.29) is 6.54 Å². The fourth-order valence-corrected chi connectivity index (χ4v) is 1.73. The van der Waals surface area contributed by atoms with Crippen LogP contribution in [0, 0.1) is 0 Å². The van der Waals surface area contributed by atoms with Crippen LogP contribution in [-0.4, -0.2) is 50.3 Å². The quantitative estimate of drug-likeness (QED) is 0.828. The zero-order valence-corrected chi connectivity index (χ0v) is 12.7. The van der Waals surface area contributed by atoms with Gasteiger partial charge in [-0.3, -0.25) is 15.0 Å². The molecule has 0 atom stereocenters. The maximum absolute atomic E-state index is 11.9. The summed E-state index contributed by atoms with van der Waals surface area (Å²) in [5, 5.41) is 3.40. The van der Waals surface area contributed by atoms with Gasteiger partial charge in [-0.1, -0.05) is 12.1 Å². The second kappa shape index (κ2) is 8.37. The van der Waals surface area contributed by atoms with Gasteiger partial charge in [0.25, 0.3) is 0 Å². The average Bonchev–Trinajstić information content (AvgIpc) is 2.45. The summed E-state index contributed by atoms with van der Waals surface area (Å²) in [4.78, 5) is 24.3. The van der Waals surface area contributed by atoms with Crippen LogP contribution in [0.1, 0.15) is 5.56 Å². The molecule has 0 bridgehead atoms. The monoisotopic (exact) mass is 333 g/mol. The summed E-state index contributed by atoms with van der Waals surface area (Å²) in [5.74, 6) is 0.0103. The number of alkyl halides is 3. The third-order valence-electron chi connectivity index (χ3n) is 2.73. The summed E-state index contributed by atoms with van der Waals surface area (Å²) in [7, 11) is 3.20. The number of likely N-dealkylation sites (N-methyl/N-ethyl adjacent to an activating group) is 1. The number of rotatable bonds is 6. The number of nitrogens with zero attached hydrogens (tertiary/aromatic N) is 1. The van der Waals surface area contributed by atoms with Crippen LogP contribution in [0.15, 0.2) is 24.3 Å². The molecule has 0 unspecified atom stereocenters. The predicted molar refractivity (Wildman–Crippen MR) is 76.9 cm³/mol. The number of halogens is 3. The van der Waals surface area contributed by atoms with Gasteiger partial charge >= 0.3 is 12.2 Å². The first-order valence-corrected chi connectivity index (χ1v) is 6.65. The number of hydrogen-bond acceptors (Lipinski definition) is 4. The molecule has 0 fully saturated rings. The van der Waals surface area contributed by atoms with Gasteiger partial charge < -0.3 is 10.1 Å². The minimum absolute atomic E-state index is 0.133. The number of imide groups is 1. The van der Waals surface area contributed by atoms with Crippen molar-refractivity contribution < 1.29 is 27.5 Å². The molecular formula is C14H18F3N3O3. The lowest BCUT2D eigenvalue weighted by Crippen LogP contribution is -2.46. The first-order valence-electron chi connectivity index (χ1n) is 6.65. The second-order valence-corrected chi connectivity index (χ2v) is 4.87. The van der Waals surface area contributed by atoms with Gasteiger partial charge in [0.1, 0.15) is 12.3 Å². The number of urea groups is 1. The van der Waals surface area contributed by atoms with Crippen LogP contribution in [0.2, 0.25) is 0 Å². The van der Waals surface area contributed by atoms with Crippen molar-refractivity contribution in [3.63, 3.8) is 0 Å². The number of nitrogens with one attached hydrogen (secondary N) is 2. The number of hydrogen-bond donors (Lipinski definition) is 2. The Morgan fingerprint density at radius 3 is 2.35 bits per heavy atom. The Labute approximate surface area is 131 Å². The number of carbonyl (C=O) groups excluding carboxylic acids is 2. The summed E-state index contributed by atoms with van der Waals surface area (Å²) in [6.07, 6.45) is -4.52. The Balaban J connectivity index is 2.36. The molecule has 1 rings (SSSR count). The largest absolute Gasteiger partial charge is 0.497 e. The lowest BCUT2D eigenvalue weighted by molar-refractivity contribution is -0.125. The van der Waals surface area contributed by atoms with Crippen molar-refractivity contribution in [3.05, 3.63) is 29.8 Å². The molecule has 0 heterocycles. The molecule has 9 heteroatoms. The highest BCUT2D eigenvalue weighted by Gasteiger charge is 2.28. The van der Waals surface area contributed by atoms with E-state index in [1.807, 2.05) is 17.4 Å². The number of carbonyl (C=O) groups is 2. The Bertz CT molecular complexity index is 532. The van der Waals surface area contributed by atoms with Gasteiger partial charge in [-0.25, -0.2) is 4.79 Å². The third-order valence-corrected chi connectivity index (χ3v) is 2.73. The normalized spacial score (nSPS) is 11.2. The van der Waals surface area contributed by atoms with Gasteiger partial charge in [-0.2, -0.15) is 13.2 Å². The Hall–Kier alpha value is -2.29. The predicted octanol–water partition coefficient (Wildman–Crippen LogP) is 1.52. The van der Waals surface area contributed by atoms with E-state index in [1.54, 1.807) is 36.5 Å². The smallest absolute Gasteiger partial charge is 0.405 e. The summed E-state index contributed by atoms with van der Waals surface area (Å²) in [6, 6.07) is 6.01. The van der Waals surface area contributed by atoms with Crippen LogP contribution in [-0.2, 0) is 11.3 Å². The first-order chi connectivity index (χ1) is 10.7. The van der Waals surface area contributed by atoms with Gasteiger partial charge in [-0.05, 0) is 24.7 Å². The van der Waals surface area contributed by atoms with Crippen molar-refractivity contribution in [2.75, 3.05) is 27.2 Å². The first kappa shape index (κ1) is 18.8. The van der Waals surface area contributed by atoms with Gasteiger partial charge in [0.2, 0.25) is 5.91 Å². The third kappa shape index (κ3) is 8.05. The van der Waals surface area contributed by atoms with Crippen LogP contribution in [0.3, 0.4) is 0 Å². The molecule has 0 saturated heterocycles. The van der Waals surface area contributed by atoms with Gasteiger partial charge in [-0.15, -0.1) is 0 Å². The molecule has 2 N–H and O–H groups in total. The molecule has 0 saturated carbocycles. The second-order valence-electron chi connectivity index (χ2n) is 4.87. The fraction of sp³-hybridized carbons (Fsp3) is 0.429. The van der Waals surface area contributed by atoms with Crippen LogP contribution in [0.25, 0.3) is 0 Å². The van der Waals surface area contributed by atoms with E-state index in [9.17, 15) is 22.8 Å². The van der Waals surface area contributed by atoms with E-state index < -0.39 is 24.7 Å². The highest BCUT2D eigenvalue weighted by Crippen LogP contribution is 2.13. The van der Waals surface area contributed by atoms with Crippen LogP contribution >= 0.6 is 0 Å². The highest BCUT2D eigenvalue weighted by atomic mass is 19.4. The summed E-state index contributed by atoms with van der Waals surface area (Å²) in [5.41, 5.74) is 0.919. The molecule has 0 aliphatic carbocycles. The summed E-state index contributed by atoms with van der Waals surface area (Å²) >= 11 is 0. The van der Waals surface area contributed by atoms with Crippen LogP contribution in [0.4, 0.5) is 18.0 Å². The van der Waals surface area contributed by atoms with E-state index in [2.05, 4.69) is 0 Å². The van der Waals surface area contributed by atoms with Crippen molar-refractivity contribution in [2.45, 2.75) is 12.7 Å². The lowest BCUT2D eigenvalue weighted by Gasteiger charge is -2.16. The molecule has 0 aliphatic heterocycles. The molecule has 6 nitrogen and oxygen atoms in total. The summed E-state index contributed by atoms with van der Waals surface area (Å²) < 4.78 is 40.8. The minimum Gasteiger partial charge on any atom is -0.497 e. The van der Waals surface area contributed by atoms with E-state index in [4.69, 9.17) is 4.74 Å². The number of benzene rings is 1. The number of methoxy groups -OCH3 is 1. The molecule has 0 spiro atoms. The van der Waals surface area contributed by atoms with E-state index in [0.29, 0.717) is 12.3 Å². The maximum Gasteiger partial charge on any atom is 0.405 e. The minimum atomic E-state index is -4.52. The van der Waals surface area contributed by atoms with Crippen molar-refractivity contribution in [1.29, 1.82) is 0 Å². The van der Waals surface area contributed by atoms with Crippen molar-refractivity contribution >= 4 is 11.9 Å². The van der Waals surface area contributed by atoms with E-state index in [0.717, 1.165) is 5.56 Å². The average molecular weight is 333 g/mol. The highest BCUT2D eigenvalue weighted by molar-refractivity contribution is 5.95. The summed E-state index contributed by atoms with van der Waals surface area (Å²) in [6.45, 7) is -1.19. The van der Waals surface area contributed by atoms with E-state index >= 15 is 0 Å². The van der Waals surface area contributed by atoms with E-state index in [1.165, 1.54) is 0 Å². The Morgan fingerprint density at radius 1 is 1.22 bits per heavy atom. The molecule has 0 aliphatic rings. The number of ether oxygens (including phenoxy) is 1. The van der Waals surface area contributed by atoms with Crippen LogP contribution < -0.4 is 15.4 Å². The molecule has 128 valence electrons. The topological polar surface area (TPSA) is 70.7 Å². The van der Waals surface area contributed by atoms with Crippen molar-refractivity contribution in [2.24, 2.45) is 0 Å². The lowest BCUT2D eigenvalue weighted by atomic mass is 10.2. The van der Waals surface area contributed by atoms with Gasteiger partial charge in [0.05, 0.1) is 13.7 Å². The zero-order chi connectivity index (χ0) is 17.5. The Morgan fingerprint density at radius 2 is 1.83 bits per heavy atom. The SMILES string of the molecule is COc1ccc(CN(C)CC(=O)NC(=O)NCC(F)(F)F)cc1. The molecule has 1 aromatic carbocycles. The fourth-order valence-electron chi connectivity index (χ4n) is 1.73. The zero-order valence-electron chi connectivity index (χ0n) is 12.7. The molecule has 0 aromatic heterocycles. The molecular weight excluding hydrogens is 315 g/mol. The molecule has 0 radical (unpaired) electrons.